The van der Waals surface area contributed by atoms with Gasteiger partial charge in [-0.3, -0.25) is 5.32 Å². The minimum absolute atomic E-state index is 0.131. The Kier molecular flexibility index (Phi) is 5.04. The second-order valence-corrected chi connectivity index (χ2v) is 6.60. The number of fused-ring (bicyclic) bond motifs is 1. The van der Waals surface area contributed by atoms with Crippen LogP contribution in [0.1, 0.15) is 5.56 Å². The third-order valence-corrected chi connectivity index (χ3v) is 4.51. The van der Waals surface area contributed by atoms with Gasteiger partial charge in [0, 0.05) is 22.8 Å². The van der Waals surface area contributed by atoms with E-state index in [4.69, 9.17) is 10.5 Å². The van der Waals surface area contributed by atoms with Crippen molar-refractivity contribution in [1.29, 1.82) is 0 Å². The van der Waals surface area contributed by atoms with E-state index in [2.05, 4.69) is 10.3 Å². The summed E-state index contributed by atoms with van der Waals surface area (Å²) in [6, 6.07) is 18.1. The summed E-state index contributed by atoms with van der Waals surface area (Å²) in [4.78, 5) is 28.0. The monoisotopic (exact) mass is 402 g/mol. The number of hydrogen-bond acceptors (Lipinski definition) is 5. The molecule has 0 aliphatic carbocycles. The smallest absolute Gasteiger partial charge is 0.417 e. The molecule has 0 saturated carbocycles. The summed E-state index contributed by atoms with van der Waals surface area (Å²) in [5, 5.41) is 12.7. The van der Waals surface area contributed by atoms with E-state index in [0.717, 1.165) is 15.7 Å². The van der Waals surface area contributed by atoms with E-state index >= 15 is 0 Å². The zero-order chi connectivity index (χ0) is 21.1. The molecule has 0 spiro atoms. The van der Waals surface area contributed by atoms with Gasteiger partial charge in [-0.15, -0.1) is 0 Å². The van der Waals surface area contributed by atoms with Crippen LogP contribution in [0, 0.1) is 0 Å². The first-order valence-corrected chi connectivity index (χ1v) is 9.09. The zero-order valence-electron chi connectivity index (χ0n) is 15.8. The van der Waals surface area contributed by atoms with Gasteiger partial charge < -0.3 is 15.6 Å². The SMILES string of the molecule is Nc1cccc(-c2cn(C(=O)O)c3ncc(NC(=O)OCc4ccccc4)cc23)c1. The van der Waals surface area contributed by atoms with Crippen molar-refractivity contribution < 1.29 is 19.4 Å². The fraction of sp³-hybridized carbons (Fsp3) is 0.0455. The second kappa shape index (κ2) is 7.96. The van der Waals surface area contributed by atoms with Gasteiger partial charge in [0.25, 0.3) is 0 Å². The molecule has 8 heteroatoms. The van der Waals surface area contributed by atoms with Crippen LogP contribution in [0.3, 0.4) is 0 Å². The lowest BCUT2D eigenvalue weighted by Gasteiger charge is -2.08. The molecule has 2 aromatic heterocycles. The van der Waals surface area contributed by atoms with Crippen molar-refractivity contribution >= 4 is 34.6 Å². The standard InChI is InChI=1S/C22H18N4O4/c23-16-8-4-7-15(9-16)19-12-26(22(28)29)20-18(19)10-17(11-24-20)25-21(27)30-13-14-5-2-1-3-6-14/h1-12H,13,23H2,(H,25,27)(H,28,29). The molecule has 0 bridgehead atoms. The number of anilines is 2. The summed E-state index contributed by atoms with van der Waals surface area (Å²) in [5.41, 5.74) is 9.30. The van der Waals surface area contributed by atoms with Gasteiger partial charge in [-0.1, -0.05) is 42.5 Å². The van der Waals surface area contributed by atoms with E-state index in [9.17, 15) is 14.7 Å². The van der Waals surface area contributed by atoms with Crippen molar-refractivity contribution in [2.24, 2.45) is 0 Å². The Morgan fingerprint density at radius 3 is 2.63 bits per heavy atom. The highest BCUT2D eigenvalue weighted by atomic mass is 16.5. The highest BCUT2D eigenvalue weighted by Crippen LogP contribution is 2.32. The molecule has 0 atom stereocenters. The number of benzene rings is 2. The average Bonchev–Trinajstić information content (AvgIpc) is 3.12. The Bertz CT molecular complexity index is 1230. The van der Waals surface area contributed by atoms with E-state index < -0.39 is 12.2 Å². The largest absolute Gasteiger partial charge is 0.464 e. The molecule has 4 rings (SSSR count). The van der Waals surface area contributed by atoms with Crippen LogP contribution in [0.4, 0.5) is 21.0 Å². The predicted octanol–water partition coefficient (Wildman–Crippen LogP) is 4.56. The lowest BCUT2D eigenvalue weighted by Crippen LogP contribution is -2.14. The Hall–Kier alpha value is -4.33. The van der Waals surface area contributed by atoms with Crippen LogP contribution >= 0.6 is 0 Å². The summed E-state index contributed by atoms with van der Waals surface area (Å²) in [6.45, 7) is 0.131. The first kappa shape index (κ1) is 19.0. The minimum Gasteiger partial charge on any atom is -0.464 e. The Morgan fingerprint density at radius 2 is 1.90 bits per heavy atom. The van der Waals surface area contributed by atoms with Gasteiger partial charge in [0.15, 0.2) is 0 Å². The molecular formula is C22H18N4O4. The normalized spacial score (nSPS) is 10.7. The number of ether oxygens (including phenoxy) is 1. The molecule has 0 saturated heterocycles. The summed E-state index contributed by atoms with van der Waals surface area (Å²) < 4.78 is 6.26. The third kappa shape index (κ3) is 3.93. The molecule has 2 heterocycles. The van der Waals surface area contributed by atoms with Crippen LogP contribution in [0.15, 0.2) is 73.1 Å². The molecule has 0 unspecified atom stereocenters. The van der Waals surface area contributed by atoms with E-state index in [1.165, 1.54) is 12.4 Å². The third-order valence-electron chi connectivity index (χ3n) is 4.51. The quantitative estimate of drug-likeness (QED) is 0.431. The number of nitrogens with zero attached hydrogens (tertiary/aromatic N) is 2. The molecule has 0 fully saturated rings. The van der Waals surface area contributed by atoms with Gasteiger partial charge in [0.1, 0.15) is 12.3 Å². The number of nitrogen functional groups attached to an aromatic ring is 1. The fourth-order valence-electron chi connectivity index (χ4n) is 3.13. The van der Waals surface area contributed by atoms with Gasteiger partial charge in [0.2, 0.25) is 0 Å². The molecule has 2 aromatic carbocycles. The summed E-state index contributed by atoms with van der Waals surface area (Å²) in [6.07, 6.45) is 1.06. The number of amides is 1. The number of aromatic nitrogens is 2. The lowest BCUT2D eigenvalue weighted by molar-refractivity contribution is 0.155. The Labute approximate surface area is 171 Å². The first-order valence-electron chi connectivity index (χ1n) is 9.09. The lowest BCUT2D eigenvalue weighted by atomic mass is 10.1. The number of carbonyl (C=O) groups excluding carboxylic acids is 1. The van der Waals surface area contributed by atoms with Crippen LogP contribution in [0.2, 0.25) is 0 Å². The number of nitrogens with one attached hydrogen (secondary N) is 1. The van der Waals surface area contributed by atoms with Gasteiger partial charge in [-0.2, -0.15) is 0 Å². The van der Waals surface area contributed by atoms with E-state index in [-0.39, 0.29) is 12.3 Å². The highest BCUT2D eigenvalue weighted by Gasteiger charge is 2.17. The van der Waals surface area contributed by atoms with Gasteiger partial charge >= 0.3 is 12.2 Å². The van der Waals surface area contributed by atoms with Crippen molar-refractivity contribution in [3.8, 4) is 11.1 Å². The molecule has 4 aromatic rings. The number of carbonyl (C=O) groups is 2. The van der Waals surface area contributed by atoms with Crippen molar-refractivity contribution in [1.82, 2.24) is 9.55 Å². The molecule has 0 radical (unpaired) electrons. The molecule has 0 aliphatic rings. The molecular weight excluding hydrogens is 384 g/mol. The molecule has 150 valence electrons. The molecule has 4 N–H and O–H groups in total. The van der Waals surface area contributed by atoms with Crippen LogP contribution in [0.5, 0.6) is 0 Å². The van der Waals surface area contributed by atoms with Crippen LogP contribution in [-0.2, 0) is 11.3 Å². The minimum atomic E-state index is -1.16. The van der Waals surface area contributed by atoms with E-state index in [0.29, 0.717) is 22.3 Å². The molecule has 0 aliphatic heterocycles. The maximum Gasteiger partial charge on any atom is 0.417 e. The van der Waals surface area contributed by atoms with Crippen molar-refractivity contribution in [2.45, 2.75) is 6.61 Å². The van der Waals surface area contributed by atoms with Gasteiger partial charge in [-0.25, -0.2) is 19.1 Å². The first-order chi connectivity index (χ1) is 14.5. The highest BCUT2D eigenvalue weighted by molar-refractivity contribution is 6.01. The van der Waals surface area contributed by atoms with Crippen LogP contribution < -0.4 is 11.1 Å². The maximum atomic E-state index is 12.2. The van der Waals surface area contributed by atoms with Gasteiger partial charge in [0.05, 0.1) is 11.9 Å². The number of rotatable bonds is 4. The number of pyridine rings is 1. The number of nitrogens with two attached hydrogens (primary N) is 1. The topological polar surface area (TPSA) is 119 Å². The predicted molar refractivity (Wildman–Crippen MR) is 113 cm³/mol. The summed E-state index contributed by atoms with van der Waals surface area (Å²) >= 11 is 0. The van der Waals surface area contributed by atoms with Crippen molar-refractivity contribution in [3.63, 3.8) is 0 Å². The average molecular weight is 402 g/mol. The Balaban J connectivity index is 1.63. The summed E-state index contributed by atoms with van der Waals surface area (Å²) in [7, 11) is 0. The van der Waals surface area contributed by atoms with Gasteiger partial charge in [-0.05, 0) is 29.3 Å². The zero-order valence-corrected chi connectivity index (χ0v) is 15.8. The number of hydrogen-bond donors (Lipinski definition) is 3. The molecule has 8 nitrogen and oxygen atoms in total. The van der Waals surface area contributed by atoms with Crippen LogP contribution in [-0.4, -0.2) is 26.8 Å². The van der Waals surface area contributed by atoms with Crippen molar-refractivity contribution in [3.05, 3.63) is 78.6 Å². The van der Waals surface area contributed by atoms with Crippen LogP contribution in [0.25, 0.3) is 22.2 Å². The molecule has 1 amide bonds. The van der Waals surface area contributed by atoms with Crippen molar-refractivity contribution in [2.75, 3.05) is 11.1 Å². The fourth-order valence-corrected chi connectivity index (χ4v) is 3.13. The molecule has 30 heavy (non-hydrogen) atoms. The number of carboxylic acid groups (broad SMARTS) is 1. The van der Waals surface area contributed by atoms with E-state index in [1.807, 2.05) is 36.4 Å². The second-order valence-electron chi connectivity index (χ2n) is 6.60. The summed E-state index contributed by atoms with van der Waals surface area (Å²) in [5.74, 6) is 0. The van der Waals surface area contributed by atoms with E-state index in [1.54, 1.807) is 24.3 Å². The maximum absolute atomic E-state index is 12.2. The Morgan fingerprint density at radius 1 is 1.10 bits per heavy atom.